The Kier molecular flexibility index (Phi) is 4.41. The minimum absolute atomic E-state index is 0.474. The highest BCUT2D eigenvalue weighted by molar-refractivity contribution is 5.33. The van der Waals surface area contributed by atoms with Gasteiger partial charge in [0.25, 0.3) is 0 Å². The van der Waals surface area contributed by atoms with E-state index in [1.165, 1.54) is 22.3 Å². The van der Waals surface area contributed by atoms with Gasteiger partial charge in [-0.15, -0.1) is 0 Å². The fourth-order valence-corrected chi connectivity index (χ4v) is 3.82. The zero-order valence-corrected chi connectivity index (χ0v) is 16.1. The maximum absolute atomic E-state index is 4.68. The molecule has 3 aromatic rings. The zero-order valence-electron chi connectivity index (χ0n) is 16.1. The predicted molar refractivity (Wildman–Crippen MR) is 103 cm³/mol. The molecule has 5 nitrogen and oxygen atoms in total. The fraction of sp³-hybridized carbons (Fsp3) is 0.429. The first-order chi connectivity index (χ1) is 12.5. The van der Waals surface area contributed by atoms with Gasteiger partial charge in [-0.05, 0) is 62.8 Å². The van der Waals surface area contributed by atoms with Crippen LogP contribution in [0.2, 0.25) is 0 Å². The standard InChI is InChI=1S/C21H27N5/c1-15-11-25(22-17(15)3)13-24(14-26-12-16(2)18(4)23-26)21-9-19-7-5-6-8-20(19)10-21/h5-8,11-12,21H,9-10,13-14H2,1-4H3. The summed E-state index contributed by atoms with van der Waals surface area (Å²) >= 11 is 0. The first kappa shape index (κ1) is 17.0. The van der Waals surface area contributed by atoms with Crippen molar-refractivity contribution in [1.29, 1.82) is 0 Å². The number of aryl methyl sites for hydroxylation is 4. The predicted octanol–water partition coefficient (Wildman–Crippen LogP) is 3.40. The van der Waals surface area contributed by atoms with Crippen LogP contribution in [-0.2, 0) is 26.2 Å². The van der Waals surface area contributed by atoms with E-state index in [9.17, 15) is 0 Å². The summed E-state index contributed by atoms with van der Waals surface area (Å²) in [4.78, 5) is 2.50. The van der Waals surface area contributed by atoms with Crippen LogP contribution >= 0.6 is 0 Å². The van der Waals surface area contributed by atoms with Crippen molar-refractivity contribution in [3.63, 3.8) is 0 Å². The third-order valence-electron chi connectivity index (χ3n) is 5.58. The Labute approximate surface area is 155 Å². The molecule has 1 aliphatic carbocycles. The third kappa shape index (κ3) is 3.31. The maximum atomic E-state index is 4.68. The van der Waals surface area contributed by atoms with Gasteiger partial charge in [0.1, 0.15) is 0 Å². The summed E-state index contributed by atoms with van der Waals surface area (Å²) in [6, 6.07) is 9.29. The number of nitrogens with zero attached hydrogens (tertiary/aromatic N) is 5. The van der Waals surface area contributed by atoms with Gasteiger partial charge in [0.2, 0.25) is 0 Å². The Morgan fingerprint density at radius 1 is 0.846 bits per heavy atom. The molecular formula is C21H27N5. The number of aromatic nitrogens is 4. The summed E-state index contributed by atoms with van der Waals surface area (Å²) in [5.74, 6) is 0. The van der Waals surface area contributed by atoms with Crippen molar-refractivity contribution in [2.45, 2.75) is 59.9 Å². The minimum Gasteiger partial charge on any atom is -0.261 e. The van der Waals surface area contributed by atoms with Crippen molar-refractivity contribution in [2.24, 2.45) is 0 Å². The number of rotatable bonds is 5. The molecule has 0 saturated heterocycles. The van der Waals surface area contributed by atoms with Crippen LogP contribution in [0.1, 0.15) is 33.6 Å². The van der Waals surface area contributed by atoms with E-state index in [0.29, 0.717) is 6.04 Å². The Hall–Kier alpha value is -2.40. The molecule has 26 heavy (non-hydrogen) atoms. The van der Waals surface area contributed by atoms with Gasteiger partial charge >= 0.3 is 0 Å². The van der Waals surface area contributed by atoms with Gasteiger partial charge in [0, 0.05) is 18.4 Å². The third-order valence-corrected chi connectivity index (χ3v) is 5.58. The van der Waals surface area contributed by atoms with Gasteiger partial charge in [-0.1, -0.05) is 24.3 Å². The molecule has 0 unspecified atom stereocenters. The van der Waals surface area contributed by atoms with Crippen LogP contribution in [0.4, 0.5) is 0 Å². The molecule has 0 fully saturated rings. The van der Waals surface area contributed by atoms with Crippen molar-refractivity contribution in [3.8, 4) is 0 Å². The van der Waals surface area contributed by atoms with Gasteiger partial charge < -0.3 is 0 Å². The highest BCUT2D eigenvalue weighted by Gasteiger charge is 2.27. The second-order valence-electron chi connectivity index (χ2n) is 7.58. The maximum Gasteiger partial charge on any atom is 0.0945 e. The summed E-state index contributed by atoms with van der Waals surface area (Å²) < 4.78 is 4.13. The molecule has 1 aromatic carbocycles. The zero-order chi connectivity index (χ0) is 18.3. The lowest BCUT2D eigenvalue weighted by molar-refractivity contribution is 0.100. The fourth-order valence-electron chi connectivity index (χ4n) is 3.82. The van der Waals surface area contributed by atoms with Gasteiger partial charge in [0.15, 0.2) is 0 Å². The van der Waals surface area contributed by atoms with Crippen molar-refractivity contribution in [3.05, 3.63) is 70.3 Å². The van der Waals surface area contributed by atoms with Crippen molar-refractivity contribution in [1.82, 2.24) is 24.5 Å². The summed E-state index contributed by atoms with van der Waals surface area (Å²) in [6.07, 6.45) is 6.47. The highest BCUT2D eigenvalue weighted by atomic mass is 15.4. The van der Waals surface area contributed by atoms with Crippen LogP contribution in [0.3, 0.4) is 0 Å². The van der Waals surface area contributed by atoms with Gasteiger partial charge in [-0.2, -0.15) is 10.2 Å². The van der Waals surface area contributed by atoms with E-state index in [2.05, 4.69) is 88.8 Å². The molecule has 0 radical (unpaired) electrons. The van der Waals surface area contributed by atoms with Gasteiger partial charge in [-0.25, -0.2) is 0 Å². The first-order valence-corrected chi connectivity index (χ1v) is 9.32. The topological polar surface area (TPSA) is 38.9 Å². The average Bonchev–Trinajstić information content (AvgIpc) is 3.25. The number of hydrogen-bond acceptors (Lipinski definition) is 3. The lowest BCUT2D eigenvalue weighted by atomic mass is 10.1. The Morgan fingerprint density at radius 3 is 1.69 bits per heavy atom. The molecule has 2 heterocycles. The summed E-state index contributed by atoms with van der Waals surface area (Å²) in [5.41, 5.74) is 7.64. The normalized spacial score (nSPS) is 14.3. The van der Waals surface area contributed by atoms with E-state index in [1.807, 2.05) is 0 Å². The Balaban J connectivity index is 1.58. The van der Waals surface area contributed by atoms with Crippen LogP contribution in [0, 0.1) is 27.7 Å². The average molecular weight is 349 g/mol. The SMILES string of the molecule is Cc1cn(CN(Cn2cc(C)c(C)n2)C2Cc3ccccc3C2)nc1C. The molecule has 0 aliphatic heterocycles. The van der Waals surface area contributed by atoms with Crippen molar-refractivity contribution < 1.29 is 0 Å². The van der Waals surface area contributed by atoms with E-state index in [4.69, 9.17) is 0 Å². The number of benzene rings is 1. The lowest BCUT2D eigenvalue weighted by Gasteiger charge is -2.28. The van der Waals surface area contributed by atoms with Crippen LogP contribution in [0.5, 0.6) is 0 Å². The molecule has 2 aromatic heterocycles. The van der Waals surface area contributed by atoms with E-state index in [-0.39, 0.29) is 0 Å². The second-order valence-corrected chi connectivity index (χ2v) is 7.58. The molecule has 4 rings (SSSR count). The molecule has 5 heteroatoms. The molecule has 1 aliphatic rings. The van der Waals surface area contributed by atoms with Crippen molar-refractivity contribution in [2.75, 3.05) is 0 Å². The van der Waals surface area contributed by atoms with Crippen LogP contribution in [0.25, 0.3) is 0 Å². The first-order valence-electron chi connectivity index (χ1n) is 9.32. The van der Waals surface area contributed by atoms with Gasteiger partial charge in [-0.3, -0.25) is 14.3 Å². The highest BCUT2D eigenvalue weighted by Crippen LogP contribution is 2.26. The van der Waals surface area contributed by atoms with E-state index in [0.717, 1.165) is 37.6 Å². The quantitative estimate of drug-likeness (QED) is 0.709. The number of fused-ring (bicyclic) bond motifs is 1. The minimum atomic E-state index is 0.474. The smallest absolute Gasteiger partial charge is 0.0945 e. The monoisotopic (exact) mass is 349 g/mol. The summed E-state index contributed by atoms with van der Waals surface area (Å²) in [5, 5.41) is 9.36. The van der Waals surface area contributed by atoms with E-state index < -0.39 is 0 Å². The van der Waals surface area contributed by atoms with E-state index in [1.54, 1.807) is 0 Å². The molecule has 0 saturated carbocycles. The summed E-state index contributed by atoms with van der Waals surface area (Å²) in [6.45, 7) is 9.95. The number of hydrogen-bond donors (Lipinski definition) is 0. The van der Waals surface area contributed by atoms with Crippen LogP contribution < -0.4 is 0 Å². The van der Waals surface area contributed by atoms with Crippen LogP contribution in [-0.4, -0.2) is 30.5 Å². The molecular weight excluding hydrogens is 322 g/mol. The molecule has 0 atom stereocenters. The second kappa shape index (κ2) is 6.72. The summed E-state index contributed by atoms with van der Waals surface area (Å²) in [7, 11) is 0. The molecule has 0 spiro atoms. The van der Waals surface area contributed by atoms with Crippen LogP contribution in [0.15, 0.2) is 36.7 Å². The van der Waals surface area contributed by atoms with Crippen molar-refractivity contribution >= 4 is 0 Å². The molecule has 0 N–H and O–H groups in total. The molecule has 0 amide bonds. The van der Waals surface area contributed by atoms with E-state index >= 15 is 0 Å². The molecule has 0 bridgehead atoms. The lowest BCUT2D eigenvalue weighted by Crippen LogP contribution is -2.39. The Bertz CT molecular complexity index is 808. The largest absolute Gasteiger partial charge is 0.261 e. The van der Waals surface area contributed by atoms with Gasteiger partial charge in [0.05, 0.1) is 24.7 Å². The molecule has 136 valence electrons. The Morgan fingerprint density at radius 2 is 1.31 bits per heavy atom.